The zero-order chi connectivity index (χ0) is 11.4. The van der Waals surface area contributed by atoms with Crippen molar-refractivity contribution in [2.24, 2.45) is 5.16 Å². The Morgan fingerprint density at radius 1 is 1.47 bits per heavy atom. The number of hydrogen-bond donors (Lipinski definition) is 1. The summed E-state index contributed by atoms with van der Waals surface area (Å²) in [5.41, 5.74) is 0.191. The van der Waals surface area contributed by atoms with Crippen LogP contribution in [0.5, 0.6) is 0 Å². The second-order valence-corrected chi connectivity index (χ2v) is 3.47. The number of benzene rings is 1. The van der Waals surface area contributed by atoms with Crippen molar-refractivity contribution >= 4 is 35.1 Å². The number of oxime groups is 1. The van der Waals surface area contributed by atoms with Crippen LogP contribution < -0.4 is 0 Å². The van der Waals surface area contributed by atoms with Gasteiger partial charge in [0.25, 0.3) is 5.69 Å². The molecule has 0 unspecified atom stereocenters. The molecular formula is C8H6Cl2N2O3. The van der Waals surface area contributed by atoms with Crippen molar-refractivity contribution in [1.82, 2.24) is 0 Å². The van der Waals surface area contributed by atoms with E-state index in [0.29, 0.717) is 5.56 Å². The van der Waals surface area contributed by atoms with Gasteiger partial charge < -0.3 is 5.21 Å². The normalized spacial score (nSPS) is 10.8. The van der Waals surface area contributed by atoms with Crippen molar-refractivity contribution < 1.29 is 10.1 Å². The summed E-state index contributed by atoms with van der Waals surface area (Å²) in [5.74, 6) is 0. The molecule has 0 bridgehead atoms. The molecule has 7 heteroatoms. The van der Waals surface area contributed by atoms with Crippen LogP contribution in [0.25, 0.3) is 0 Å². The first-order valence-electron chi connectivity index (χ1n) is 3.84. The SMILES string of the molecule is O=[N+]([O-])c1cc(Cl)c(Cl)cc1CC=NO. The highest BCUT2D eigenvalue weighted by molar-refractivity contribution is 6.42. The first kappa shape index (κ1) is 11.7. The van der Waals surface area contributed by atoms with Gasteiger partial charge in [-0.05, 0) is 6.07 Å². The highest BCUT2D eigenvalue weighted by atomic mass is 35.5. The molecule has 0 atom stereocenters. The zero-order valence-electron chi connectivity index (χ0n) is 7.35. The highest BCUT2D eigenvalue weighted by Gasteiger charge is 2.15. The van der Waals surface area contributed by atoms with Crippen LogP contribution in [0.3, 0.4) is 0 Å². The molecule has 5 nitrogen and oxygen atoms in total. The van der Waals surface area contributed by atoms with E-state index in [1.165, 1.54) is 12.1 Å². The maximum atomic E-state index is 10.6. The van der Waals surface area contributed by atoms with Gasteiger partial charge >= 0.3 is 0 Å². The number of nitro groups is 1. The first-order valence-corrected chi connectivity index (χ1v) is 4.60. The van der Waals surface area contributed by atoms with Crippen molar-refractivity contribution in [3.8, 4) is 0 Å². The third kappa shape index (κ3) is 2.81. The first-order chi connectivity index (χ1) is 7.06. The molecule has 0 aromatic heterocycles. The van der Waals surface area contributed by atoms with Crippen molar-refractivity contribution in [2.75, 3.05) is 0 Å². The monoisotopic (exact) mass is 248 g/mol. The average molecular weight is 249 g/mol. The van der Waals surface area contributed by atoms with Crippen LogP contribution in [-0.4, -0.2) is 16.3 Å². The van der Waals surface area contributed by atoms with Gasteiger partial charge in [0.2, 0.25) is 0 Å². The van der Waals surface area contributed by atoms with Crippen molar-refractivity contribution in [1.29, 1.82) is 0 Å². The molecule has 0 heterocycles. The summed E-state index contributed by atoms with van der Waals surface area (Å²) in [4.78, 5) is 10.1. The van der Waals surface area contributed by atoms with Crippen LogP contribution in [0.4, 0.5) is 5.69 Å². The average Bonchev–Trinajstić information content (AvgIpc) is 2.19. The zero-order valence-corrected chi connectivity index (χ0v) is 8.87. The van der Waals surface area contributed by atoms with E-state index in [2.05, 4.69) is 5.16 Å². The summed E-state index contributed by atoms with van der Waals surface area (Å²) in [6, 6.07) is 2.55. The van der Waals surface area contributed by atoms with Crippen molar-refractivity contribution in [2.45, 2.75) is 6.42 Å². The summed E-state index contributed by atoms with van der Waals surface area (Å²) >= 11 is 11.4. The lowest BCUT2D eigenvalue weighted by Crippen LogP contribution is -1.96. The van der Waals surface area contributed by atoms with Gasteiger partial charge in [-0.15, -0.1) is 5.16 Å². The highest BCUT2D eigenvalue weighted by Crippen LogP contribution is 2.30. The van der Waals surface area contributed by atoms with Crippen molar-refractivity contribution in [3.05, 3.63) is 37.9 Å². The summed E-state index contributed by atoms with van der Waals surface area (Å²) in [7, 11) is 0. The third-order valence-electron chi connectivity index (χ3n) is 1.71. The van der Waals surface area contributed by atoms with Gasteiger partial charge in [0.15, 0.2) is 0 Å². The molecule has 0 spiro atoms. The van der Waals surface area contributed by atoms with Crippen LogP contribution in [0, 0.1) is 10.1 Å². The molecule has 0 radical (unpaired) electrons. The second-order valence-electron chi connectivity index (χ2n) is 2.65. The molecule has 0 saturated carbocycles. The smallest absolute Gasteiger partial charge is 0.274 e. The molecule has 0 amide bonds. The van der Waals surface area contributed by atoms with Crippen LogP contribution in [0.15, 0.2) is 17.3 Å². The molecule has 1 rings (SSSR count). The molecule has 1 aromatic carbocycles. The molecular weight excluding hydrogens is 243 g/mol. The molecule has 0 aliphatic heterocycles. The minimum absolute atomic E-state index is 0.115. The number of nitrogens with zero attached hydrogens (tertiary/aromatic N) is 2. The van der Waals surface area contributed by atoms with Crippen molar-refractivity contribution in [3.63, 3.8) is 0 Å². The van der Waals surface area contributed by atoms with E-state index in [1.807, 2.05) is 0 Å². The van der Waals surface area contributed by atoms with E-state index < -0.39 is 4.92 Å². The van der Waals surface area contributed by atoms with Gasteiger partial charge in [0.1, 0.15) is 0 Å². The van der Waals surface area contributed by atoms with Crippen LogP contribution in [0.2, 0.25) is 10.0 Å². The summed E-state index contributed by atoms with van der Waals surface area (Å²) in [5, 5.41) is 22.0. The van der Waals surface area contributed by atoms with E-state index >= 15 is 0 Å². The summed E-state index contributed by atoms with van der Waals surface area (Å²) in [6.45, 7) is 0. The number of halogens is 2. The van der Waals surface area contributed by atoms with Crippen LogP contribution >= 0.6 is 23.2 Å². The second kappa shape index (κ2) is 4.95. The van der Waals surface area contributed by atoms with E-state index in [0.717, 1.165) is 6.21 Å². The Kier molecular flexibility index (Phi) is 3.88. The molecule has 0 aliphatic carbocycles. The minimum atomic E-state index is -0.567. The maximum Gasteiger partial charge on any atom is 0.274 e. The van der Waals surface area contributed by atoms with Crippen LogP contribution in [-0.2, 0) is 6.42 Å². The Bertz CT molecular complexity index is 421. The summed E-state index contributed by atoms with van der Waals surface area (Å²) in [6.07, 6.45) is 1.25. The molecule has 1 aromatic rings. The Morgan fingerprint density at radius 3 is 2.60 bits per heavy atom. The predicted molar refractivity (Wildman–Crippen MR) is 57.1 cm³/mol. The molecule has 0 aliphatic rings. The van der Waals surface area contributed by atoms with E-state index in [4.69, 9.17) is 28.4 Å². The largest absolute Gasteiger partial charge is 0.411 e. The Balaban J connectivity index is 3.21. The summed E-state index contributed by atoms with van der Waals surface area (Å²) < 4.78 is 0. The molecule has 1 N–H and O–H groups in total. The Morgan fingerprint density at radius 2 is 2.07 bits per heavy atom. The lowest BCUT2D eigenvalue weighted by Gasteiger charge is -2.01. The van der Waals surface area contributed by atoms with Gasteiger partial charge in [-0.25, -0.2) is 0 Å². The minimum Gasteiger partial charge on any atom is -0.411 e. The van der Waals surface area contributed by atoms with E-state index in [9.17, 15) is 10.1 Å². The Labute approximate surface area is 95.1 Å². The molecule has 0 saturated heterocycles. The van der Waals surface area contributed by atoms with Gasteiger partial charge in [-0.1, -0.05) is 23.2 Å². The lowest BCUT2D eigenvalue weighted by atomic mass is 10.1. The standard InChI is InChI=1S/C8H6Cl2N2O3/c9-6-3-5(1-2-11-13)8(12(14)15)4-7(6)10/h2-4,13H,1H2. The Hall–Kier alpha value is -1.33. The van der Waals surface area contributed by atoms with Gasteiger partial charge in [0, 0.05) is 24.3 Å². The maximum absolute atomic E-state index is 10.6. The van der Waals surface area contributed by atoms with Gasteiger partial charge in [0.05, 0.1) is 15.0 Å². The van der Waals surface area contributed by atoms with E-state index in [1.54, 1.807) is 0 Å². The quantitative estimate of drug-likeness (QED) is 0.387. The molecule has 80 valence electrons. The van der Waals surface area contributed by atoms with Crippen LogP contribution in [0.1, 0.15) is 5.56 Å². The molecule has 15 heavy (non-hydrogen) atoms. The number of hydrogen-bond acceptors (Lipinski definition) is 4. The fourth-order valence-electron chi connectivity index (χ4n) is 1.05. The lowest BCUT2D eigenvalue weighted by molar-refractivity contribution is -0.385. The molecule has 0 fully saturated rings. The third-order valence-corrected chi connectivity index (χ3v) is 2.43. The number of rotatable bonds is 3. The van der Waals surface area contributed by atoms with Gasteiger partial charge in [-0.3, -0.25) is 10.1 Å². The van der Waals surface area contributed by atoms with Gasteiger partial charge in [-0.2, -0.15) is 0 Å². The predicted octanol–water partition coefficient (Wildman–Crippen LogP) is 2.90. The fourth-order valence-corrected chi connectivity index (χ4v) is 1.39. The fraction of sp³-hybridized carbons (Fsp3) is 0.125. The number of nitro benzene ring substituents is 1. The van der Waals surface area contributed by atoms with E-state index in [-0.39, 0.29) is 22.2 Å². The topological polar surface area (TPSA) is 75.7 Å².